The number of fused-ring (bicyclic) bond motifs is 1. The lowest BCUT2D eigenvalue weighted by atomic mass is 9.75. The van der Waals surface area contributed by atoms with Crippen LogP contribution in [0.3, 0.4) is 0 Å². The summed E-state index contributed by atoms with van der Waals surface area (Å²) in [6.45, 7) is 0. The van der Waals surface area contributed by atoms with E-state index in [2.05, 4.69) is 11.4 Å². The van der Waals surface area contributed by atoms with Crippen LogP contribution < -0.4 is 5.32 Å². The van der Waals surface area contributed by atoms with Gasteiger partial charge in [-0.3, -0.25) is 9.59 Å². The number of allylic oxidation sites excluding steroid dienone is 1. The van der Waals surface area contributed by atoms with E-state index in [1.54, 1.807) is 0 Å². The summed E-state index contributed by atoms with van der Waals surface area (Å²) < 4.78 is 23.4. The fraction of sp³-hybridized carbons (Fsp3) is 0.778. The van der Waals surface area contributed by atoms with Crippen molar-refractivity contribution < 1.29 is 18.0 Å². The highest BCUT2D eigenvalue weighted by Gasteiger charge is 2.52. The number of amides is 2. The van der Waals surface area contributed by atoms with E-state index in [0.29, 0.717) is 19.3 Å². The smallest absolute Gasteiger partial charge is 0.232 e. The molecule has 2 amide bonds. The van der Waals surface area contributed by atoms with Crippen LogP contribution in [0.25, 0.3) is 0 Å². The zero-order chi connectivity index (χ0) is 17.7. The Morgan fingerprint density at radius 2 is 1.96 bits per heavy atom. The predicted molar refractivity (Wildman–Crippen MR) is 93.3 cm³/mol. The molecule has 0 spiro atoms. The topological polar surface area (TPSA) is 83.5 Å². The van der Waals surface area contributed by atoms with Crippen molar-refractivity contribution in [1.82, 2.24) is 10.2 Å². The summed E-state index contributed by atoms with van der Waals surface area (Å²) in [5.74, 6) is 0.264. The maximum absolute atomic E-state index is 13.2. The molecule has 0 aromatic carbocycles. The van der Waals surface area contributed by atoms with Crippen LogP contribution in [0.5, 0.6) is 0 Å². The monoisotopic (exact) mass is 366 g/mol. The molecule has 25 heavy (non-hydrogen) atoms. The Kier molecular flexibility index (Phi) is 4.17. The Morgan fingerprint density at radius 3 is 2.64 bits per heavy atom. The minimum atomic E-state index is -3.02. The quantitative estimate of drug-likeness (QED) is 0.821. The Balaban J connectivity index is 1.56. The minimum Gasteiger partial charge on any atom is -0.351 e. The molecule has 1 saturated carbocycles. The minimum absolute atomic E-state index is 0.0408. The number of carbonyl (C=O) groups excluding carboxylic acids is 2. The van der Waals surface area contributed by atoms with Crippen LogP contribution in [0.1, 0.15) is 57.8 Å². The number of hydrogen-bond donors (Lipinski definition) is 1. The summed E-state index contributed by atoms with van der Waals surface area (Å²) in [5, 5.41) is 3.00. The number of nitrogens with one attached hydrogen (secondary N) is 1. The summed E-state index contributed by atoms with van der Waals surface area (Å²) in [5.41, 5.74) is 0.261. The molecule has 4 rings (SSSR count). The number of sulfone groups is 1. The SMILES string of the molecule is O=C1CCC2(C(=O)NC3CCS(=O)(=O)C3)CCC=C2N1C1CCCC1. The lowest BCUT2D eigenvalue weighted by Crippen LogP contribution is -2.54. The third-order valence-corrected chi connectivity index (χ3v) is 8.15. The number of nitrogens with zero attached hydrogens (tertiary/aromatic N) is 1. The predicted octanol–water partition coefficient (Wildman–Crippen LogP) is 1.52. The molecule has 0 radical (unpaired) electrons. The van der Waals surface area contributed by atoms with Gasteiger partial charge in [0.15, 0.2) is 9.84 Å². The van der Waals surface area contributed by atoms with Crippen molar-refractivity contribution in [3.8, 4) is 0 Å². The number of rotatable bonds is 3. The fourth-order valence-corrected chi connectivity index (χ4v) is 6.75. The lowest BCUT2D eigenvalue weighted by Gasteiger charge is -2.44. The Bertz CT molecular complexity index is 723. The Labute approximate surface area is 148 Å². The third kappa shape index (κ3) is 2.90. The second kappa shape index (κ2) is 6.11. The largest absolute Gasteiger partial charge is 0.351 e. The van der Waals surface area contributed by atoms with Gasteiger partial charge in [-0.2, -0.15) is 0 Å². The summed E-state index contributed by atoms with van der Waals surface area (Å²) >= 11 is 0. The average Bonchev–Trinajstić information content (AvgIpc) is 3.27. The molecule has 0 aromatic rings. The molecule has 7 heteroatoms. The van der Waals surface area contributed by atoms with E-state index < -0.39 is 15.3 Å². The van der Waals surface area contributed by atoms with Crippen molar-refractivity contribution in [1.29, 1.82) is 0 Å². The molecule has 6 nitrogen and oxygen atoms in total. The normalized spacial score (nSPS) is 34.9. The van der Waals surface area contributed by atoms with Crippen LogP contribution >= 0.6 is 0 Å². The molecule has 2 saturated heterocycles. The van der Waals surface area contributed by atoms with E-state index in [0.717, 1.165) is 44.2 Å². The van der Waals surface area contributed by atoms with Gasteiger partial charge in [-0.05, 0) is 38.5 Å². The number of piperidine rings is 1. The van der Waals surface area contributed by atoms with Gasteiger partial charge in [0.2, 0.25) is 11.8 Å². The third-order valence-electron chi connectivity index (χ3n) is 6.39. The van der Waals surface area contributed by atoms with Gasteiger partial charge in [-0.15, -0.1) is 0 Å². The van der Waals surface area contributed by atoms with Crippen molar-refractivity contribution in [2.24, 2.45) is 5.41 Å². The molecule has 2 atom stereocenters. The number of likely N-dealkylation sites (tertiary alicyclic amines) is 1. The van der Waals surface area contributed by atoms with Crippen LogP contribution in [0, 0.1) is 5.41 Å². The molecule has 2 aliphatic heterocycles. The Morgan fingerprint density at radius 1 is 1.20 bits per heavy atom. The summed E-state index contributed by atoms with van der Waals surface area (Å²) in [6.07, 6.45) is 9.36. The zero-order valence-electron chi connectivity index (χ0n) is 14.5. The summed E-state index contributed by atoms with van der Waals surface area (Å²) in [6, 6.07) is -0.0533. The highest BCUT2D eigenvalue weighted by Crippen LogP contribution is 2.50. The van der Waals surface area contributed by atoms with Gasteiger partial charge in [0.1, 0.15) is 0 Å². The highest BCUT2D eigenvalue weighted by molar-refractivity contribution is 7.91. The zero-order valence-corrected chi connectivity index (χ0v) is 15.3. The summed E-state index contributed by atoms with van der Waals surface area (Å²) in [4.78, 5) is 27.7. The van der Waals surface area contributed by atoms with Crippen LogP contribution in [0.15, 0.2) is 11.8 Å². The van der Waals surface area contributed by atoms with Crippen LogP contribution in [-0.2, 0) is 19.4 Å². The maximum Gasteiger partial charge on any atom is 0.232 e. The highest BCUT2D eigenvalue weighted by atomic mass is 32.2. The molecule has 2 heterocycles. The molecule has 0 aromatic heterocycles. The van der Waals surface area contributed by atoms with Crippen LogP contribution in [-0.4, -0.2) is 48.7 Å². The van der Waals surface area contributed by atoms with E-state index in [4.69, 9.17) is 0 Å². The molecule has 4 aliphatic rings. The van der Waals surface area contributed by atoms with Crippen molar-refractivity contribution in [2.75, 3.05) is 11.5 Å². The average molecular weight is 366 g/mol. The van der Waals surface area contributed by atoms with E-state index >= 15 is 0 Å². The van der Waals surface area contributed by atoms with Crippen molar-refractivity contribution in [3.63, 3.8) is 0 Å². The summed E-state index contributed by atoms with van der Waals surface area (Å²) in [7, 11) is -3.02. The standard InChI is InChI=1S/C18H26N2O4S/c21-16-7-10-18(17(22)19-13-8-11-25(23,24)12-13)9-3-6-15(18)20(16)14-4-1-2-5-14/h6,13-14H,1-5,7-12H2,(H,19,22). The fourth-order valence-electron chi connectivity index (χ4n) is 5.07. The molecular weight excluding hydrogens is 340 g/mol. The Hall–Kier alpha value is -1.37. The second-order valence-corrected chi connectivity index (χ2v) is 10.2. The van der Waals surface area contributed by atoms with Crippen molar-refractivity contribution in [2.45, 2.75) is 69.9 Å². The van der Waals surface area contributed by atoms with E-state index in [-0.39, 0.29) is 35.4 Å². The van der Waals surface area contributed by atoms with Crippen LogP contribution in [0.4, 0.5) is 0 Å². The molecular formula is C18H26N2O4S. The first-order valence-corrected chi connectivity index (χ1v) is 11.3. The van der Waals surface area contributed by atoms with Gasteiger partial charge < -0.3 is 10.2 Å². The van der Waals surface area contributed by atoms with Gasteiger partial charge in [-0.25, -0.2) is 8.42 Å². The molecule has 1 N–H and O–H groups in total. The molecule has 138 valence electrons. The van der Waals surface area contributed by atoms with Crippen LogP contribution in [0.2, 0.25) is 0 Å². The van der Waals surface area contributed by atoms with E-state index in [1.807, 2.05) is 4.90 Å². The van der Waals surface area contributed by atoms with Gasteiger partial charge in [-0.1, -0.05) is 18.9 Å². The first-order valence-electron chi connectivity index (χ1n) is 9.45. The first kappa shape index (κ1) is 17.1. The molecule has 2 unspecified atom stereocenters. The van der Waals surface area contributed by atoms with Gasteiger partial charge in [0, 0.05) is 24.2 Å². The van der Waals surface area contributed by atoms with Crippen molar-refractivity contribution in [3.05, 3.63) is 11.8 Å². The maximum atomic E-state index is 13.2. The van der Waals surface area contributed by atoms with Gasteiger partial charge in [0.05, 0.1) is 16.9 Å². The van der Waals surface area contributed by atoms with E-state index in [9.17, 15) is 18.0 Å². The molecule has 3 fully saturated rings. The lowest BCUT2D eigenvalue weighted by molar-refractivity contribution is -0.141. The van der Waals surface area contributed by atoms with Gasteiger partial charge >= 0.3 is 0 Å². The first-order chi connectivity index (χ1) is 11.9. The second-order valence-electron chi connectivity index (χ2n) is 7.99. The van der Waals surface area contributed by atoms with Crippen molar-refractivity contribution >= 4 is 21.7 Å². The molecule has 0 bridgehead atoms. The van der Waals surface area contributed by atoms with Gasteiger partial charge in [0.25, 0.3) is 0 Å². The van der Waals surface area contributed by atoms with E-state index in [1.165, 1.54) is 0 Å². The molecule has 2 aliphatic carbocycles. The number of hydrogen-bond acceptors (Lipinski definition) is 4. The number of carbonyl (C=O) groups is 2.